The van der Waals surface area contributed by atoms with E-state index in [1.165, 1.54) is 4.88 Å². The zero-order valence-corrected chi connectivity index (χ0v) is 20.1. The maximum Gasteiger partial charge on any atom is 0.242 e. The molecule has 0 fully saturated rings. The molecule has 0 bridgehead atoms. The minimum Gasteiger partial charge on any atom is -0.333 e. The summed E-state index contributed by atoms with van der Waals surface area (Å²) in [6.45, 7) is 13.9. The summed E-state index contributed by atoms with van der Waals surface area (Å²) in [6, 6.07) is 14.2. The first kappa shape index (κ1) is 24.1. The Morgan fingerprint density at radius 1 is 1.00 bits per heavy atom. The van der Waals surface area contributed by atoms with E-state index in [4.69, 9.17) is 0 Å². The molecular weight excluding hydrogens is 392 g/mol. The predicted octanol–water partition coefficient (Wildman–Crippen LogP) is 5.51. The number of hydrogen-bond acceptors (Lipinski definition) is 3. The quantitative estimate of drug-likeness (QED) is 0.529. The molecule has 0 unspecified atom stereocenters. The lowest BCUT2D eigenvalue weighted by Crippen LogP contribution is -2.47. The average Bonchev–Trinajstić information content (AvgIpc) is 3.11. The number of carbonyl (C=O) groups excluding carboxylic acids is 2. The van der Waals surface area contributed by atoms with Crippen LogP contribution in [0.5, 0.6) is 0 Å². The molecule has 1 atom stereocenters. The van der Waals surface area contributed by atoms with Gasteiger partial charge in [-0.05, 0) is 30.5 Å². The second-order valence-electron chi connectivity index (χ2n) is 9.20. The molecule has 0 N–H and O–H groups in total. The number of amides is 2. The van der Waals surface area contributed by atoms with Crippen LogP contribution < -0.4 is 0 Å². The molecule has 1 aromatic heterocycles. The largest absolute Gasteiger partial charge is 0.333 e. The van der Waals surface area contributed by atoms with Crippen LogP contribution in [0.15, 0.2) is 42.5 Å². The van der Waals surface area contributed by atoms with Crippen LogP contribution in [0.2, 0.25) is 0 Å². The standard InChI is InChI=1S/C25H36N2O2S/c1-7-19(2)15-27(24(29)25(4,5)6)18-23(28)26(16-21-11-9-8-10-12-21)17-22-14-13-20(3)30-22/h8-14,19H,7,15-18H2,1-6H3/t19-/m0/s1. The molecule has 5 heteroatoms. The number of aryl methyl sites for hydroxylation is 1. The molecule has 0 spiro atoms. The highest BCUT2D eigenvalue weighted by Crippen LogP contribution is 2.21. The fraction of sp³-hybridized carbons (Fsp3) is 0.520. The van der Waals surface area contributed by atoms with Gasteiger partial charge in [0.2, 0.25) is 11.8 Å². The molecule has 2 amide bonds. The third-order valence-electron chi connectivity index (χ3n) is 5.20. The molecule has 2 rings (SSSR count). The summed E-state index contributed by atoms with van der Waals surface area (Å²) in [5.41, 5.74) is 0.581. The van der Waals surface area contributed by atoms with Crippen LogP contribution in [0.4, 0.5) is 0 Å². The van der Waals surface area contributed by atoms with E-state index in [0.29, 0.717) is 25.6 Å². The van der Waals surface area contributed by atoms with Gasteiger partial charge in [-0.1, -0.05) is 71.4 Å². The van der Waals surface area contributed by atoms with Gasteiger partial charge in [-0.25, -0.2) is 0 Å². The molecular formula is C25H36N2O2S. The first-order chi connectivity index (χ1) is 14.1. The van der Waals surface area contributed by atoms with E-state index in [9.17, 15) is 9.59 Å². The Morgan fingerprint density at radius 3 is 2.20 bits per heavy atom. The van der Waals surface area contributed by atoms with E-state index in [1.807, 2.05) is 56.0 Å². The molecule has 1 heterocycles. The first-order valence-corrected chi connectivity index (χ1v) is 11.6. The highest BCUT2D eigenvalue weighted by molar-refractivity contribution is 7.11. The normalized spacial score (nSPS) is 12.5. The highest BCUT2D eigenvalue weighted by atomic mass is 32.1. The van der Waals surface area contributed by atoms with Gasteiger partial charge in [-0.2, -0.15) is 0 Å². The molecule has 0 saturated carbocycles. The molecule has 30 heavy (non-hydrogen) atoms. The predicted molar refractivity (Wildman–Crippen MR) is 125 cm³/mol. The molecule has 4 nitrogen and oxygen atoms in total. The van der Waals surface area contributed by atoms with Gasteiger partial charge in [-0.15, -0.1) is 11.3 Å². The second kappa shape index (κ2) is 10.8. The van der Waals surface area contributed by atoms with E-state index in [1.54, 1.807) is 16.2 Å². The summed E-state index contributed by atoms with van der Waals surface area (Å²) in [4.78, 5) is 32.5. The van der Waals surface area contributed by atoms with Crippen molar-refractivity contribution in [3.05, 3.63) is 57.8 Å². The van der Waals surface area contributed by atoms with Crippen molar-refractivity contribution >= 4 is 23.2 Å². The van der Waals surface area contributed by atoms with Crippen LogP contribution in [0.25, 0.3) is 0 Å². The second-order valence-corrected chi connectivity index (χ2v) is 10.6. The number of benzene rings is 1. The van der Waals surface area contributed by atoms with Gasteiger partial charge in [0.1, 0.15) is 0 Å². The van der Waals surface area contributed by atoms with Crippen LogP contribution >= 0.6 is 11.3 Å². The molecule has 1 aromatic carbocycles. The Hall–Kier alpha value is -2.14. The van der Waals surface area contributed by atoms with Gasteiger partial charge < -0.3 is 9.80 Å². The van der Waals surface area contributed by atoms with Gasteiger partial charge in [-0.3, -0.25) is 9.59 Å². The van der Waals surface area contributed by atoms with E-state index >= 15 is 0 Å². The van der Waals surface area contributed by atoms with Crippen molar-refractivity contribution in [3.63, 3.8) is 0 Å². The molecule has 2 aromatic rings. The molecule has 0 aliphatic carbocycles. The minimum absolute atomic E-state index is 0.00851. The molecule has 0 saturated heterocycles. The Labute approximate surface area is 185 Å². The molecule has 0 radical (unpaired) electrons. The summed E-state index contributed by atoms with van der Waals surface area (Å²) < 4.78 is 0. The Bertz CT molecular complexity index is 823. The first-order valence-electron chi connectivity index (χ1n) is 10.8. The summed E-state index contributed by atoms with van der Waals surface area (Å²) in [6.07, 6.45) is 0.977. The van der Waals surface area contributed by atoms with Gasteiger partial charge in [0.15, 0.2) is 0 Å². The van der Waals surface area contributed by atoms with Gasteiger partial charge >= 0.3 is 0 Å². The van der Waals surface area contributed by atoms with Crippen LogP contribution in [-0.4, -0.2) is 34.7 Å². The summed E-state index contributed by atoms with van der Waals surface area (Å²) in [5, 5.41) is 0. The number of hydrogen-bond donors (Lipinski definition) is 0. The summed E-state index contributed by atoms with van der Waals surface area (Å²) in [5.74, 6) is 0.375. The van der Waals surface area contributed by atoms with Gasteiger partial charge in [0.05, 0.1) is 13.1 Å². The van der Waals surface area contributed by atoms with Crippen LogP contribution in [-0.2, 0) is 22.7 Å². The maximum absolute atomic E-state index is 13.4. The zero-order valence-electron chi connectivity index (χ0n) is 19.3. The van der Waals surface area contributed by atoms with Crippen molar-refractivity contribution in [1.82, 2.24) is 9.80 Å². The van der Waals surface area contributed by atoms with Crippen LogP contribution in [0.3, 0.4) is 0 Å². The monoisotopic (exact) mass is 428 g/mol. The lowest BCUT2D eigenvalue weighted by molar-refractivity contribution is -0.146. The number of rotatable bonds is 9. The Kier molecular flexibility index (Phi) is 8.65. The van der Waals surface area contributed by atoms with Crippen molar-refractivity contribution in [3.8, 4) is 0 Å². The zero-order chi connectivity index (χ0) is 22.3. The smallest absolute Gasteiger partial charge is 0.242 e. The SMILES string of the molecule is CC[C@H](C)CN(CC(=O)N(Cc1ccccc1)Cc1ccc(C)s1)C(=O)C(C)(C)C. The van der Waals surface area contributed by atoms with Crippen molar-refractivity contribution in [2.24, 2.45) is 11.3 Å². The lowest BCUT2D eigenvalue weighted by Gasteiger charge is -2.33. The van der Waals surface area contributed by atoms with E-state index in [-0.39, 0.29) is 18.4 Å². The van der Waals surface area contributed by atoms with Crippen molar-refractivity contribution in [1.29, 1.82) is 0 Å². The van der Waals surface area contributed by atoms with Crippen LogP contribution in [0, 0.1) is 18.3 Å². The summed E-state index contributed by atoms with van der Waals surface area (Å²) >= 11 is 1.71. The van der Waals surface area contributed by atoms with E-state index in [2.05, 4.69) is 32.9 Å². The average molecular weight is 429 g/mol. The minimum atomic E-state index is -0.511. The Balaban J connectivity index is 2.23. The third-order valence-corrected chi connectivity index (χ3v) is 6.18. The van der Waals surface area contributed by atoms with E-state index in [0.717, 1.165) is 16.9 Å². The van der Waals surface area contributed by atoms with Crippen molar-refractivity contribution in [2.75, 3.05) is 13.1 Å². The topological polar surface area (TPSA) is 40.6 Å². The number of nitrogens with zero attached hydrogens (tertiary/aromatic N) is 2. The van der Waals surface area contributed by atoms with Gasteiger partial charge in [0, 0.05) is 28.3 Å². The van der Waals surface area contributed by atoms with Crippen molar-refractivity contribution < 1.29 is 9.59 Å². The van der Waals surface area contributed by atoms with Crippen molar-refractivity contribution in [2.45, 2.75) is 61.1 Å². The molecule has 164 valence electrons. The third kappa shape index (κ3) is 7.28. The van der Waals surface area contributed by atoms with E-state index < -0.39 is 5.41 Å². The molecule has 0 aliphatic heterocycles. The number of carbonyl (C=O) groups is 2. The lowest BCUT2D eigenvalue weighted by atomic mass is 9.94. The van der Waals surface area contributed by atoms with Crippen LogP contribution in [0.1, 0.15) is 56.4 Å². The fourth-order valence-corrected chi connectivity index (χ4v) is 4.16. The maximum atomic E-state index is 13.4. The van der Waals surface area contributed by atoms with Gasteiger partial charge in [0.25, 0.3) is 0 Å². The fourth-order valence-electron chi connectivity index (χ4n) is 3.26. The summed E-state index contributed by atoms with van der Waals surface area (Å²) in [7, 11) is 0. The number of thiophene rings is 1. The Morgan fingerprint density at radius 2 is 1.67 bits per heavy atom. The highest BCUT2D eigenvalue weighted by Gasteiger charge is 2.30. The molecule has 0 aliphatic rings.